The van der Waals surface area contributed by atoms with E-state index in [1.165, 1.54) is 7.11 Å². The molecular weight excluding hydrogens is 376 g/mol. The van der Waals surface area contributed by atoms with Crippen LogP contribution in [0.5, 0.6) is 11.5 Å². The fraction of sp³-hybridized carbons (Fsp3) is 0.0909. The number of para-hydroxylation sites is 1. The van der Waals surface area contributed by atoms with Gasteiger partial charge in [0.15, 0.2) is 0 Å². The van der Waals surface area contributed by atoms with Gasteiger partial charge in [-0.2, -0.15) is 5.10 Å². The van der Waals surface area contributed by atoms with Gasteiger partial charge in [0.25, 0.3) is 5.91 Å². The molecule has 0 spiro atoms. The number of benzene rings is 3. The third kappa shape index (κ3) is 5.11. The molecule has 0 saturated heterocycles. The fourth-order valence-electron chi connectivity index (χ4n) is 2.52. The SMILES string of the molecule is COc1ccccc1C(=O)N/N=C\c1cccc(OCc2ccccc2Cl)c1. The standard InChI is InChI=1S/C22H19ClN2O3/c1-27-21-12-5-3-10-19(21)22(26)25-24-14-16-7-6-9-18(13-16)28-15-17-8-2-4-11-20(17)23/h2-14H,15H2,1H3,(H,25,26)/b24-14-. The lowest BCUT2D eigenvalue weighted by molar-refractivity contribution is 0.0952. The average molecular weight is 395 g/mol. The minimum absolute atomic E-state index is 0.347. The second kappa shape index (κ2) is 9.58. The van der Waals surface area contributed by atoms with Crippen molar-refractivity contribution in [1.82, 2.24) is 5.43 Å². The van der Waals surface area contributed by atoms with Crippen molar-refractivity contribution in [2.24, 2.45) is 5.10 Å². The van der Waals surface area contributed by atoms with Crippen molar-refractivity contribution in [3.8, 4) is 11.5 Å². The average Bonchev–Trinajstić information content (AvgIpc) is 2.73. The van der Waals surface area contributed by atoms with Crippen LogP contribution in [0.25, 0.3) is 0 Å². The normalized spacial score (nSPS) is 10.6. The molecule has 0 radical (unpaired) electrons. The molecule has 0 saturated carbocycles. The third-order valence-corrected chi connectivity index (χ3v) is 4.31. The van der Waals surface area contributed by atoms with Crippen molar-refractivity contribution >= 4 is 23.7 Å². The van der Waals surface area contributed by atoms with E-state index >= 15 is 0 Å². The number of hydrogen-bond donors (Lipinski definition) is 1. The third-order valence-electron chi connectivity index (χ3n) is 3.94. The molecule has 0 unspecified atom stereocenters. The van der Waals surface area contributed by atoms with Gasteiger partial charge in [0.2, 0.25) is 0 Å². The first-order valence-electron chi connectivity index (χ1n) is 8.60. The van der Waals surface area contributed by atoms with Gasteiger partial charge < -0.3 is 9.47 Å². The summed E-state index contributed by atoms with van der Waals surface area (Å²) in [6.07, 6.45) is 1.55. The molecule has 0 heterocycles. The number of halogens is 1. The highest BCUT2D eigenvalue weighted by atomic mass is 35.5. The van der Waals surface area contributed by atoms with E-state index in [9.17, 15) is 4.79 Å². The largest absolute Gasteiger partial charge is 0.496 e. The van der Waals surface area contributed by atoms with Gasteiger partial charge in [0.1, 0.15) is 18.1 Å². The van der Waals surface area contributed by atoms with Crippen molar-refractivity contribution < 1.29 is 14.3 Å². The number of rotatable bonds is 7. The second-order valence-electron chi connectivity index (χ2n) is 5.85. The Morgan fingerprint density at radius 3 is 2.68 bits per heavy atom. The van der Waals surface area contributed by atoms with Crippen LogP contribution in [0.2, 0.25) is 5.02 Å². The smallest absolute Gasteiger partial charge is 0.275 e. The highest BCUT2D eigenvalue weighted by molar-refractivity contribution is 6.31. The Bertz CT molecular complexity index is 989. The summed E-state index contributed by atoms with van der Waals surface area (Å²) in [4.78, 5) is 12.2. The van der Waals surface area contributed by atoms with Crippen LogP contribution in [0.15, 0.2) is 77.9 Å². The van der Waals surface area contributed by atoms with Crippen LogP contribution in [-0.2, 0) is 6.61 Å². The molecular formula is C22H19ClN2O3. The Kier molecular flexibility index (Phi) is 6.65. The first kappa shape index (κ1) is 19.5. The van der Waals surface area contributed by atoms with Gasteiger partial charge in [0, 0.05) is 10.6 Å². The molecule has 3 rings (SSSR count). The maximum atomic E-state index is 12.2. The zero-order valence-electron chi connectivity index (χ0n) is 15.3. The molecule has 0 aliphatic heterocycles. The molecule has 28 heavy (non-hydrogen) atoms. The summed E-state index contributed by atoms with van der Waals surface area (Å²) in [6, 6.07) is 21.9. The predicted octanol–water partition coefficient (Wildman–Crippen LogP) is 4.69. The lowest BCUT2D eigenvalue weighted by Crippen LogP contribution is -2.18. The molecule has 0 fully saturated rings. The Morgan fingerprint density at radius 2 is 1.86 bits per heavy atom. The van der Waals surface area contributed by atoms with Crippen molar-refractivity contribution in [3.63, 3.8) is 0 Å². The number of ether oxygens (including phenoxy) is 2. The zero-order valence-corrected chi connectivity index (χ0v) is 16.0. The molecule has 1 amide bonds. The Hall–Kier alpha value is -3.31. The Balaban J connectivity index is 1.61. The van der Waals surface area contributed by atoms with Crippen LogP contribution in [0.3, 0.4) is 0 Å². The summed E-state index contributed by atoms with van der Waals surface area (Å²) in [5, 5.41) is 4.68. The highest BCUT2D eigenvalue weighted by Gasteiger charge is 2.10. The van der Waals surface area contributed by atoms with E-state index in [1.54, 1.807) is 30.5 Å². The fourth-order valence-corrected chi connectivity index (χ4v) is 2.71. The summed E-state index contributed by atoms with van der Waals surface area (Å²) in [6.45, 7) is 0.366. The van der Waals surface area contributed by atoms with Gasteiger partial charge in [-0.15, -0.1) is 0 Å². The van der Waals surface area contributed by atoms with Gasteiger partial charge in [-0.05, 0) is 35.9 Å². The van der Waals surface area contributed by atoms with Crippen LogP contribution in [0.1, 0.15) is 21.5 Å². The van der Waals surface area contributed by atoms with Gasteiger partial charge >= 0.3 is 0 Å². The molecule has 0 aromatic heterocycles. The minimum Gasteiger partial charge on any atom is -0.496 e. The van der Waals surface area contributed by atoms with E-state index in [4.69, 9.17) is 21.1 Å². The molecule has 0 aliphatic carbocycles. The van der Waals surface area contributed by atoms with Gasteiger partial charge in [-0.3, -0.25) is 4.79 Å². The van der Waals surface area contributed by atoms with Crippen molar-refractivity contribution in [2.75, 3.05) is 7.11 Å². The summed E-state index contributed by atoms with van der Waals surface area (Å²) < 4.78 is 11.0. The van der Waals surface area contributed by atoms with Crippen LogP contribution in [0.4, 0.5) is 0 Å². The lowest BCUT2D eigenvalue weighted by Gasteiger charge is -2.08. The van der Waals surface area contributed by atoms with Gasteiger partial charge in [-0.1, -0.05) is 54.1 Å². The van der Waals surface area contributed by atoms with Gasteiger partial charge in [-0.25, -0.2) is 5.43 Å². The van der Waals surface area contributed by atoms with Gasteiger partial charge in [0.05, 0.1) is 18.9 Å². The van der Waals surface area contributed by atoms with E-state index in [-0.39, 0.29) is 5.91 Å². The van der Waals surface area contributed by atoms with Crippen molar-refractivity contribution in [2.45, 2.75) is 6.61 Å². The van der Waals surface area contributed by atoms with Crippen LogP contribution >= 0.6 is 11.6 Å². The molecule has 5 nitrogen and oxygen atoms in total. The maximum Gasteiger partial charge on any atom is 0.275 e. The second-order valence-corrected chi connectivity index (χ2v) is 6.26. The molecule has 0 bridgehead atoms. The molecule has 3 aromatic rings. The number of carbonyl (C=O) groups excluding carboxylic acids is 1. The minimum atomic E-state index is -0.347. The summed E-state index contributed by atoms with van der Waals surface area (Å²) in [5.74, 6) is 0.824. The predicted molar refractivity (Wildman–Crippen MR) is 110 cm³/mol. The topological polar surface area (TPSA) is 59.9 Å². The van der Waals surface area contributed by atoms with E-state index in [0.29, 0.717) is 28.7 Å². The summed E-state index contributed by atoms with van der Waals surface area (Å²) in [7, 11) is 1.52. The highest BCUT2D eigenvalue weighted by Crippen LogP contribution is 2.19. The number of carbonyl (C=O) groups is 1. The number of amides is 1. The Morgan fingerprint density at radius 1 is 1.07 bits per heavy atom. The summed E-state index contributed by atoms with van der Waals surface area (Å²) >= 11 is 6.14. The molecule has 0 atom stereocenters. The monoisotopic (exact) mass is 394 g/mol. The quantitative estimate of drug-likeness (QED) is 0.467. The summed E-state index contributed by atoms with van der Waals surface area (Å²) in [5.41, 5.74) is 4.61. The molecule has 0 aliphatic rings. The molecule has 1 N–H and O–H groups in total. The molecule has 3 aromatic carbocycles. The van der Waals surface area contributed by atoms with E-state index in [0.717, 1.165) is 11.1 Å². The van der Waals surface area contributed by atoms with E-state index < -0.39 is 0 Å². The van der Waals surface area contributed by atoms with E-state index in [1.807, 2.05) is 48.5 Å². The maximum absolute atomic E-state index is 12.2. The first-order chi connectivity index (χ1) is 13.7. The lowest BCUT2D eigenvalue weighted by atomic mass is 10.2. The number of nitrogens with one attached hydrogen (secondary N) is 1. The Labute approximate surface area is 168 Å². The zero-order chi connectivity index (χ0) is 19.8. The number of nitrogens with zero attached hydrogens (tertiary/aromatic N) is 1. The number of methoxy groups -OCH3 is 1. The van der Waals surface area contributed by atoms with Crippen LogP contribution < -0.4 is 14.9 Å². The van der Waals surface area contributed by atoms with Crippen LogP contribution in [0, 0.1) is 0 Å². The van der Waals surface area contributed by atoms with Crippen molar-refractivity contribution in [3.05, 3.63) is 94.5 Å². The first-order valence-corrected chi connectivity index (χ1v) is 8.98. The molecule has 6 heteroatoms. The number of hydrazone groups is 1. The number of hydrogen-bond acceptors (Lipinski definition) is 4. The van der Waals surface area contributed by atoms with Crippen molar-refractivity contribution in [1.29, 1.82) is 0 Å². The van der Waals surface area contributed by atoms with Crippen LogP contribution in [-0.4, -0.2) is 19.2 Å². The van der Waals surface area contributed by atoms with E-state index in [2.05, 4.69) is 10.5 Å². The molecule has 142 valence electrons.